The van der Waals surface area contributed by atoms with E-state index in [0.717, 1.165) is 28.8 Å². The van der Waals surface area contributed by atoms with E-state index in [1.54, 1.807) is 12.1 Å². The molecular weight excluding hydrogens is 407 g/mol. The summed E-state index contributed by atoms with van der Waals surface area (Å²) in [6.45, 7) is 3.39. The van der Waals surface area contributed by atoms with Crippen molar-refractivity contribution in [2.24, 2.45) is 0 Å². The molecule has 3 aromatic carbocycles. The van der Waals surface area contributed by atoms with Gasteiger partial charge in [-0.3, -0.25) is 0 Å². The second-order valence-corrected chi connectivity index (χ2v) is 7.40. The maximum Gasteiger partial charge on any atom is 0.341 e. The van der Waals surface area contributed by atoms with Crippen LogP contribution in [-0.4, -0.2) is 17.7 Å². The molecule has 0 aliphatic carbocycles. The molecule has 31 heavy (non-hydrogen) atoms. The number of hydrogen-bond donors (Lipinski definition) is 2. The van der Waals surface area contributed by atoms with Crippen LogP contribution in [0.3, 0.4) is 0 Å². The Kier molecular flexibility index (Phi) is 6.84. The zero-order valence-corrected chi connectivity index (χ0v) is 17.1. The van der Waals surface area contributed by atoms with Crippen LogP contribution in [0.15, 0.2) is 54.6 Å². The van der Waals surface area contributed by atoms with Gasteiger partial charge in [0.05, 0.1) is 0 Å². The molecule has 0 aliphatic rings. The van der Waals surface area contributed by atoms with Gasteiger partial charge in [-0.1, -0.05) is 38.1 Å². The maximum atomic E-state index is 14.6. The van der Waals surface area contributed by atoms with Crippen molar-refractivity contribution in [1.82, 2.24) is 0 Å². The summed E-state index contributed by atoms with van der Waals surface area (Å²) in [5, 5.41) is 11.4. The number of rotatable bonds is 8. The fourth-order valence-corrected chi connectivity index (χ4v) is 3.13. The number of aliphatic carboxylic acids is 1. The zero-order valence-electron chi connectivity index (χ0n) is 17.1. The number of anilines is 1. The number of ether oxygens (including phenoxy) is 1. The summed E-state index contributed by atoms with van der Waals surface area (Å²) in [5.74, 6) is -3.63. The van der Waals surface area contributed by atoms with E-state index in [-0.39, 0.29) is 24.0 Å². The number of benzene rings is 3. The second kappa shape index (κ2) is 9.55. The predicted molar refractivity (Wildman–Crippen MR) is 113 cm³/mol. The molecule has 0 aromatic heterocycles. The van der Waals surface area contributed by atoms with Gasteiger partial charge in [-0.2, -0.15) is 0 Å². The van der Waals surface area contributed by atoms with E-state index in [2.05, 4.69) is 5.32 Å². The number of hydrogen-bond acceptors (Lipinski definition) is 3. The van der Waals surface area contributed by atoms with Crippen molar-refractivity contribution < 1.29 is 27.8 Å². The quantitative estimate of drug-likeness (QED) is 0.463. The molecular formula is C24H22F3NO3. The van der Waals surface area contributed by atoms with Crippen molar-refractivity contribution in [2.45, 2.75) is 26.3 Å². The Hall–Kier alpha value is -3.48. The van der Waals surface area contributed by atoms with Crippen molar-refractivity contribution in [2.75, 3.05) is 11.9 Å². The first-order chi connectivity index (χ1) is 14.7. The molecule has 0 heterocycles. The Balaban J connectivity index is 1.89. The molecule has 0 saturated heterocycles. The molecule has 0 atom stereocenters. The number of carbonyl (C=O) groups is 1. The van der Waals surface area contributed by atoms with Crippen LogP contribution in [-0.2, 0) is 11.3 Å². The van der Waals surface area contributed by atoms with Gasteiger partial charge in [0.2, 0.25) is 0 Å². The first-order valence-electron chi connectivity index (χ1n) is 9.71. The standard InChI is InChI=1S/C24H22F3NO3/c1-14(2)17-8-15(9-18(10-17)16-4-3-5-19(25)11-16)12-28-24-20(26)6-7-21(23(24)27)31-13-22(29)30/h3-11,14,28H,12-13H2,1-2H3,(H,29,30). The number of carboxylic acid groups (broad SMARTS) is 1. The van der Waals surface area contributed by atoms with Crippen molar-refractivity contribution in [3.05, 3.63) is 83.2 Å². The van der Waals surface area contributed by atoms with E-state index >= 15 is 0 Å². The lowest BCUT2D eigenvalue weighted by molar-refractivity contribution is -0.139. The highest BCUT2D eigenvalue weighted by molar-refractivity contribution is 5.68. The molecule has 4 nitrogen and oxygen atoms in total. The van der Waals surface area contributed by atoms with Crippen LogP contribution in [0.2, 0.25) is 0 Å². The van der Waals surface area contributed by atoms with Gasteiger partial charge in [0.15, 0.2) is 18.2 Å². The van der Waals surface area contributed by atoms with Crippen molar-refractivity contribution in [3.63, 3.8) is 0 Å². The molecule has 0 spiro atoms. The molecule has 0 saturated carbocycles. The number of nitrogens with one attached hydrogen (secondary N) is 1. The van der Waals surface area contributed by atoms with Crippen LogP contribution < -0.4 is 10.1 Å². The third-order valence-electron chi connectivity index (χ3n) is 4.72. The molecule has 0 aliphatic heterocycles. The monoisotopic (exact) mass is 429 g/mol. The normalized spacial score (nSPS) is 10.9. The second-order valence-electron chi connectivity index (χ2n) is 7.40. The average molecular weight is 429 g/mol. The molecule has 0 radical (unpaired) electrons. The summed E-state index contributed by atoms with van der Waals surface area (Å²) >= 11 is 0. The van der Waals surface area contributed by atoms with Gasteiger partial charge in [0, 0.05) is 6.54 Å². The lowest BCUT2D eigenvalue weighted by atomic mass is 9.94. The van der Waals surface area contributed by atoms with Crippen LogP contribution in [0.4, 0.5) is 18.9 Å². The zero-order chi connectivity index (χ0) is 22.5. The highest BCUT2D eigenvalue weighted by Gasteiger charge is 2.16. The Bertz CT molecular complexity index is 1100. The Morgan fingerprint density at radius 2 is 1.81 bits per heavy atom. The Labute approximate surface area is 178 Å². The summed E-state index contributed by atoms with van der Waals surface area (Å²) in [6, 6.07) is 14.0. The molecule has 0 amide bonds. The SMILES string of the molecule is CC(C)c1cc(CNc2c(F)ccc(OCC(=O)O)c2F)cc(-c2cccc(F)c2)c1. The third-order valence-corrected chi connectivity index (χ3v) is 4.72. The van der Waals surface area contributed by atoms with Gasteiger partial charge in [0.25, 0.3) is 0 Å². The topological polar surface area (TPSA) is 58.6 Å². The summed E-state index contributed by atoms with van der Waals surface area (Å²) < 4.78 is 47.4. The first kappa shape index (κ1) is 22.2. The fourth-order valence-electron chi connectivity index (χ4n) is 3.13. The Morgan fingerprint density at radius 3 is 2.48 bits per heavy atom. The van der Waals surface area contributed by atoms with E-state index in [1.807, 2.05) is 32.0 Å². The van der Waals surface area contributed by atoms with Gasteiger partial charge in [-0.25, -0.2) is 18.0 Å². The van der Waals surface area contributed by atoms with Crippen LogP contribution in [0.1, 0.15) is 30.9 Å². The minimum Gasteiger partial charge on any atom is -0.479 e. The van der Waals surface area contributed by atoms with E-state index in [0.29, 0.717) is 5.56 Å². The average Bonchev–Trinajstić information content (AvgIpc) is 2.72. The molecule has 3 rings (SSSR count). The Morgan fingerprint density at radius 1 is 1.03 bits per heavy atom. The molecule has 3 aromatic rings. The number of carboxylic acids is 1. The van der Waals surface area contributed by atoms with Gasteiger partial charge in [-0.15, -0.1) is 0 Å². The van der Waals surface area contributed by atoms with E-state index < -0.39 is 29.9 Å². The fraction of sp³-hybridized carbons (Fsp3) is 0.208. The minimum absolute atomic E-state index is 0.0963. The van der Waals surface area contributed by atoms with Crippen LogP contribution in [0.5, 0.6) is 5.75 Å². The molecule has 2 N–H and O–H groups in total. The van der Waals surface area contributed by atoms with Crippen molar-refractivity contribution in [3.8, 4) is 16.9 Å². The molecule has 0 unspecified atom stereocenters. The van der Waals surface area contributed by atoms with Crippen molar-refractivity contribution >= 4 is 11.7 Å². The smallest absolute Gasteiger partial charge is 0.341 e. The maximum absolute atomic E-state index is 14.6. The van der Waals surface area contributed by atoms with E-state index in [9.17, 15) is 18.0 Å². The van der Waals surface area contributed by atoms with Gasteiger partial charge < -0.3 is 15.2 Å². The molecule has 7 heteroatoms. The van der Waals surface area contributed by atoms with Crippen LogP contribution >= 0.6 is 0 Å². The lowest BCUT2D eigenvalue weighted by Crippen LogP contribution is -2.12. The largest absolute Gasteiger partial charge is 0.479 e. The summed E-state index contributed by atoms with van der Waals surface area (Å²) in [4.78, 5) is 10.6. The molecule has 0 bridgehead atoms. The highest BCUT2D eigenvalue weighted by Crippen LogP contribution is 2.30. The van der Waals surface area contributed by atoms with E-state index in [1.165, 1.54) is 12.1 Å². The highest BCUT2D eigenvalue weighted by atomic mass is 19.1. The van der Waals surface area contributed by atoms with Crippen LogP contribution in [0, 0.1) is 17.5 Å². The molecule has 0 fully saturated rings. The van der Waals surface area contributed by atoms with Crippen molar-refractivity contribution in [1.29, 1.82) is 0 Å². The first-order valence-corrected chi connectivity index (χ1v) is 9.71. The summed E-state index contributed by atoms with van der Waals surface area (Å²) in [7, 11) is 0. The van der Waals surface area contributed by atoms with Gasteiger partial charge in [-0.05, 0) is 58.5 Å². The number of halogens is 3. The minimum atomic E-state index is -1.27. The lowest BCUT2D eigenvalue weighted by Gasteiger charge is -2.15. The summed E-state index contributed by atoms with van der Waals surface area (Å²) in [5.41, 5.74) is 2.83. The van der Waals surface area contributed by atoms with Gasteiger partial charge in [0.1, 0.15) is 17.3 Å². The van der Waals surface area contributed by atoms with Crippen LogP contribution in [0.25, 0.3) is 11.1 Å². The van der Waals surface area contributed by atoms with E-state index in [4.69, 9.17) is 9.84 Å². The third kappa shape index (κ3) is 5.57. The molecule has 162 valence electrons. The summed E-state index contributed by atoms with van der Waals surface area (Å²) in [6.07, 6.45) is 0. The van der Waals surface area contributed by atoms with Gasteiger partial charge >= 0.3 is 5.97 Å². The predicted octanol–water partition coefficient (Wildman–Crippen LogP) is 5.97.